The van der Waals surface area contributed by atoms with Gasteiger partial charge in [0, 0.05) is 21.4 Å². The van der Waals surface area contributed by atoms with Gasteiger partial charge in [-0.3, -0.25) is 0 Å². The van der Waals surface area contributed by atoms with Gasteiger partial charge in [0.1, 0.15) is 0 Å². The molecule has 0 atom stereocenters. The molecule has 0 unspecified atom stereocenters. The number of rotatable bonds is 5. The molecule has 0 aliphatic carbocycles. The molecule has 0 bridgehead atoms. The maximum absolute atomic E-state index is 6.25. The normalized spacial score (nSPS) is 14.2. The van der Waals surface area contributed by atoms with Crippen LogP contribution in [-0.2, 0) is 0 Å². The topological polar surface area (TPSA) is 3.24 Å². The largest absolute Gasteiger partial charge is 0.304 e. The van der Waals surface area contributed by atoms with Crippen LogP contribution in [-0.4, -0.2) is 24.5 Å². The molecule has 0 fully saturated rings. The molecule has 24 heavy (non-hydrogen) atoms. The zero-order valence-corrected chi connectivity index (χ0v) is 16.5. The van der Waals surface area contributed by atoms with Gasteiger partial charge in [-0.05, 0) is 60.5 Å². The van der Waals surface area contributed by atoms with E-state index in [9.17, 15) is 0 Å². The van der Waals surface area contributed by atoms with E-state index in [1.54, 1.807) is 0 Å². The van der Waals surface area contributed by atoms with E-state index >= 15 is 0 Å². The van der Waals surface area contributed by atoms with Crippen molar-refractivity contribution in [1.82, 2.24) is 4.90 Å². The lowest BCUT2D eigenvalue weighted by Crippen LogP contribution is -2.23. The van der Waals surface area contributed by atoms with Crippen LogP contribution < -0.4 is 0 Å². The van der Waals surface area contributed by atoms with Crippen LogP contribution in [0, 0.1) is 0 Å². The van der Waals surface area contributed by atoms with Gasteiger partial charge in [-0.25, -0.2) is 0 Å². The lowest BCUT2D eigenvalue weighted by atomic mass is 9.96. The summed E-state index contributed by atoms with van der Waals surface area (Å²) in [4.78, 5) is 5.08. The fraction of sp³-hybridized carbons (Fsp3) is 0.300. The van der Waals surface area contributed by atoms with Crippen molar-refractivity contribution in [1.29, 1.82) is 0 Å². The summed E-state index contributed by atoms with van der Waals surface area (Å²) in [6, 6.07) is 14.9. The van der Waals surface area contributed by atoms with Gasteiger partial charge in [0.05, 0.1) is 0 Å². The fourth-order valence-corrected chi connectivity index (χ4v) is 4.25. The van der Waals surface area contributed by atoms with E-state index in [4.69, 9.17) is 11.6 Å². The molecule has 2 aromatic carbocycles. The summed E-state index contributed by atoms with van der Waals surface area (Å²) in [5, 5.41) is 0.804. The summed E-state index contributed by atoms with van der Waals surface area (Å²) in [6.07, 6.45) is 3.44. The molecule has 0 radical (unpaired) electrons. The summed E-state index contributed by atoms with van der Waals surface area (Å²) >= 11 is 8.09. The van der Waals surface area contributed by atoms with Gasteiger partial charge in [0.25, 0.3) is 0 Å². The molecule has 3 rings (SSSR count). The van der Waals surface area contributed by atoms with Crippen LogP contribution in [0.25, 0.3) is 5.57 Å². The zero-order valence-electron chi connectivity index (χ0n) is 14.1. The zero-order chi connectivity index (χ0) is 16.2. The minimum Gasteiger partial charge on any atom is -0.304 e. The number of hydrogen-bond donors (Lipinski definition) is 0. The Morgan fingerprint density at radius 2 is 1.71 bits per heavy atom. The van der Waals surface area contributed by atoms with Gasteiger partial charge >= 0.3 is 0 Å². The highest BCUT2D eigenvalue weighted by atomic mass is 35.5. The third-order valence-electron chi connectivity index (χ3n) is 4.32. The molecule has 0 N–H and O–H groups in total. The smallest absolute Gasteiger partial charge is 0.0412 e. The Labute approximate surface area is 160 Å². The highest BCUT2D eigenvalue weighted by Crippen LogP contribution is 2.46. The molecule has 0 amide bonds. The summed E-state index contributed by atoms with van der Waals surface area (Å²) < 4.78 is 0. The van der Waals surface area contributed by atoms with Crippen molar-refractivity contribution in [2.75, 3.05) is 19.6 Å². The average Bonchev–Trinajstić information content (AvgIpc) is 2.58. The van der Waals surface area contributed by atoms with Crippen molar-refractivity contribution < 1.29 is 0 Å². The Balaban J connectivity index is 0.00000208. The SMILES string of the molecule is CCN(CC)CC/C=C1\c2ccccc2Sc2ccc(Cl)cc21.Cl. The Morgan fingerprint density at radius 3 is 2.46 bits per heavy atom. The van der Waals surface area contributed by atoms with Crippen LogP contribution >= 0.6 is 35.8 Å². The maximum Gasteiger partial charge on any atom is 0.0412 e. The van der Waals surface area contributed by atoms with Gasteiger partial charge < -0.3 is 4.90 Å². The van der Waals surface area contributed by atoms with Crippen molar-refractivity contribution in [3.05, 3.63) is 64.7 Å². The summed E-state index contributed by atoms with van der Waals surface area (Å²) in [5.41, 5.74) is 3.91. The minimum absolute atomic E-state index is 0. The van der Waals surface area contributed by atoms with E-state index in [2.05, 4.69) is 61.2 Å². The molecular formula is C20H23Cl2NS. The second kappa shape index (κ2) is 8.96. The highest BCUT2D eigenvalue weighted by molar-refractivity contribution is 7.99. The van der Waals surface area contributed by atoms with Crippen molar-refractivity contribution in [2.24, 2.45) is 0 Å². The molecule has 0 aromatic heterocycles. The molecule has 0 saturated carbocycles. The summed E-state index contributed by atoms with van der Waals surface area (Å²) in [7, 11) is 0. The van der Waals surface area contributed by atoms with E-state index in [1.165, 1.54) is 26.5 Å². The average molecular weight is 380 g/mol. The van der Waals surface area contributed by atoms with Gasteiger partial charge in [-0.15, -0.1) is 12.4 Å². The second-order valence-electron chi connectivity index (χ2n) is 5.67. The lowest BCUT2D eigenvalue weighted by Gasteiger charge is -2.23. The molecule has 128 valence electrons. The predicted molar refractivity (Wildman–Crippen MR) is 109 cm³/mol. The number of benzene rings is 2. The first-order valence-corrected chi connectivity index (χ1v) is 9.42. The Hall–Kier alpha value is -0.930. The molecule has 0 saturated heterocycles. The highest BCUT2D eigenvalue weighted by Gasteiger charge is 2.20. The quantitative estimate of drug-likeness (QED) is 0.505. The standard InChI is InChI=1S/C20H22ClNS.ClH/c1-3-22(4-2)13-7-9-16-17-8-5-6-10-19(17)23-20-12-11-15(21)14-18(16)20;/h5-6,8-12,14H,3-4,7,13H2,1-2H3;1H/b16-9+;. The second-order valence-corrected chi connectivity index (χ2v) is 7.19. The molecule has 1 heterocycles. The van der Waals surface area contributed by atoms with E-state index in [1.807, 2.05) is 17.8 Å². The Bertz CT molecular complexity index is 723. The summed E-state index contributed by atoms with van der Waals surface area (Å²) in [5.74, 6) is 0. The summed E-state index contributed by atoms with van der Waals surface area (Å²) in [6.45, 7) is 7.75. The first kappa shape index (κ1) is 19.4. The van der Waals surface area contributed by atoms with Gasteiger partial charge in [-0.2, -0.15) is 0 Å². The molecular weight excluding hydrogens is 357 g/mol. The molecule has 2 aromatic rings. The van der Waals surface area contributed by atoms with Gasteiger partial charge in [-0.1, -0.05) is 61.5 Å². The van der Waals surface area contributed by atoms with E-state index in [0.29, 0.717) is 0 Å². The predicted octanol–water partition coefficient (Wildman–Crippen LogP) is 6.39. The number of nitrogens with zero attached hydrogens (tertiary/aromatic N) is 1. The van der Waals surface area contributed by atoms with Crippen LogP contribution in [0.1, 0.15) is 31.4 Å². The third-order valence-corrected chi connectivity index (χ3v) is 5.70. The molecule has 1 aliphatic heterocycles. The molecule has 4 heteroatoms. The van der Waals surface area contributed by atoms with Crippen LogP contribution in [0.5, 0.6) is 0 Å². The van der Waals surface area contributed by atoms with Crippen molar-refractivity contribution in [3.63, 3.8) is 0 Å². The van der Waals surface area contributed by atoms with Crippen LogP contribution in [0.15, 0.2) is 58.3 Å². The molecule has 1 aliphatic rings. The number of fused-ring (bicyclic) bond motifs is 2. The molecule has 1 nitrogen and oxygen atoms in total. The third kappa shape index (κ3) is 4.18. The van der Waals surface area contributed by atoms with Crippen LogP contribution in [0.3, 0.4) is 0 Å². The molecule has 0 spiro atoms. The van der Waals surface area contributed by atoms with Crippen LogP contribution in [0.2, 0.25) is 5.02 Å². The number of halogens is 2. The van der Waals surface area contributed by atoms with Crippen molar-refractivity contribution in [3.8, 4) is 0 Å². The first-order valence-electron chi connectivity index (χ1n) is 8.22. The lowest BCUT2D eigenvalue weighted by molar-refractivity contribution is 0.310. The Kier molecular flexibility index (Phi) is 7.24. The minimum atomic E-state index is 0. The van der Waals surface area contributed by atoms with Gasteiger partial charge in [0.15, 0.2) is 0 Å². The van der Waals surface area contributed by atoms with Crippen LogP contribution in [0.4, 0.5) is 0 Å². The van der Waals surface area contributed by atoms with Crippen molar-refractivity contribution in [2.45, 2.75) is 30.1 Å². The van der Waals surface area contributed by atoms with Crippen molar-refractivity contribution >= 4 is 41.3 Å². The maximum atomic E-state index is 6.25. The van der Waals surface area contributed by atoms with E-state index in [-0.39, 0.29) is 12.4 Å². The first-order chi connectivity index (χ1) is 11.2. The Morgan fingerprint density at radius 1 is 1.00 bits per heavy atom. The number of hydrogen-bond acceptors (Lipinski definition) is 2. The monoisotopic (exact) mass is 379 g/mol. The van der Waals surface area contributed by atoms with E-state index in [0.717, 1.165) is 31.1 Å². The van der Waals surface area contributed by atoms with E-state index < -0.39 is 0 Å². The van der Waals surface area contributed by atoms with Gasteiger partial charge in [0.2, 0.25) is 0 Å². The fourth-order valence-electron chi connectivity index (χ4n) is 2.99.